The molecule has 0 saturated heterocycles. The summed E-state index contributed by atoms with van der Waals surface area (Å²) in [7, 11) is 1.63. The fourth-order valence-corrected chi connectivity index (χ4v) is 2.91. The van der Waals surface area contributed by atoms with Crippen molar-refractivity contribution < 1.29 is 23.5 Å². The molecule has 7 nitrogen and oxygen atoms in total. The van der Waals surface area contributed by atoms with Gasteiger partial charge in [0.25, 0.3) is 0 Å². The van der Waals surface area contributed by atoms with Gasteiger partial charge in [0.05, 0.1) is 13.7 Å². The molecule has 0 saturated carbocycles. The van der Waals surface area contributed by atoms with Gasteiger partial charge in [-0.2, -0.15) is 0 Å². The molecular formula is C21H20N2O5. The lowest BCUT2D eigenvalue weighted by Gasteiger charge is -2.04. The van der Waals surface area contributed by atoms with E-state index >= 15 is 0 Å². The lowest BCUT2D eigenvalue weighted by Crippen LogP contribution is -2.23. The van der Waals surface area contributed by atoms with Crippen LogP contribution in [0, 0.1) is 0 Å². The van der Waals surface area contributed by atoms with Crippen LogP contribution in [0.5, 0.6) is 17.2 Å². The fraction of sp³-hybridized carbons (Fsp3) is 0.238. The number of carbonyl (C=O) groups is 1. The molecule has 144 valence electrons. The topological polar surface area (TPSA) is 82.8 Å². The summed E-state index contributed by atoms with van der Waals surface area (Å²) in [4.78, 5) is 12.1. The summed E-state index contributed by atoms with van der Waals surface area (Å²) in [6.07, 6.45) is 1.07. The number of aromatic nitrogens is 1. The van der Waals surface area contributed by atoms with Crippen LogP contribution in [0.3, 0.4) is 0 Å². The second-order valence-electron chi connectivity index (χ2n) is 6.38. The summed E-state index contributed by atoms with van der Waals surface area (Å²) in [6, 6.07) is 15.1. The molecular weight excluding hydrogens is 360 g/mol. The van der Waals surface area contributed by atoms with Crippen molar-refractivity contribution in [3.63, 3.8) is 0 Å². The maximum Gasteiger partial charge on any atom is 0.231 e. The molecule has 2 heterocycles. The number of rotatable bonds is 7. The molecule has 1 aromatic heterocycles. The Morgan fingerprint density at radius 3 is 2.75 bits per heavy atom. The SMILES string of the molecule is COc1ccc(CCC(=O)NCc2cc(-c3ccc4c(c3)OCO4)on2)cc1. The van der Waals surface area contributed by atoms with E-state index in [2.05, 4.69) is 10.5 Å². The molecule has 7 heteroatoms. The number of nitrogens with zero attached hydrogens (tertiary/aromatic N) is 1. The van der Waals surface area contributed by atoms with Gasteiger partial charge in [0.15, 0.2) is 17.3 Å². The molecule has 4 rings (SSSR count). The molecule has 0 bridgehead atoms. The van der Waals surface area contributed by atoms with Crippen LogP contribution in [0.25, 0.3) is 11.3 Å². The van der Waals surface area contributed by atoms with Gasteiger partial charge in [-0.3, -0.25) is 4.79 Å². The highest BCUT2D eigenvalue weighted by Gasteiger charge is 2.16. The Labute approximate surface area is 162 Å². The lowest BCUT2D eigenvalue weighted by atomic mass is 10.1. The highest BCUT2D eigenvalue weighted by molar-refractivity contribution is 5.76. The van der Waals surface area contributed by atoms with Gasteiger partial charge < -0.3 is 24.1 Å². The first kappa shape index (κ1) is 17.9. The smallest absolute Gasteiger partial charge is 0.231 e. The van der Waals surface area contributed by atoms with Crippen LogP contribution >= 0.6 is 0 Å². The second-order valence-corrected chi connectivity index (χ2v) is 6.38. The van der Waals surface area contributed by atoms with Gasteiger partial charge >= 0.3 is 0 Å². The molecule has 0 fully saturated rings. The van der Waals surface area contributed by atoms with Gasteiger partial charge in [0.1, 0.15) is 11.4 Å². The lowest BCUT2D eigenvalue weighted by molar-refractivity contribution is -0.121. The summed E-state index contributed by atoms with van der Waals surface area (Å²) < 4.78 is 21.2. The number of nitrogens with one attached hydrogen (secondary N) is 1. The summed E-state index contributed by atoms with van der Waals surface area (Å²) >= 11 is 0. The third-order valence-corrected chi connectivity index (χ3v) is 4.48. The van der Waals surface area contributed by atoms with E-state index in [4.69, 9.17) is 18.7 Å². The van der Waals surface area contributed by atoms with Crippen LogP contribution in [0.2, 0.25) is 0 Å². The van der Waals surface area contributed by atoms with Crippen LogP contribution in [0.1, 0.15) is 17.7 Å². The standard InChI is InChI=1S/C21H20N2O5/c1-25-17-6-2-14(3-7-17)4-9-21(24)22-12-16-11-19(28-23-16)15-5-8-18-20(10-15)27-13-26-18/h2-3,5-8,10-11H,4,9,12-13H2,1H3,(H,22,24). The molecule has 1 amide bonds. The average Bonchev–Trinajstić information content (AvgIpc) is 3.39. The highest BCUT2D eigenvalue weighted by Crippen LogP contribution is 2.36. The van der Waals surface area contributed by atoms with Crippen molar-refractivity contribution in [2.24, 2.45) is 0 Å². The normalized spacial score (nSPS) is 12.0. The number of amides is 1. The zero-order valence-electron chi connectivity index (χ0n) is 15.4. The van der Waals surface area contributed by atoms with Crippen LogP contribution in [0.15, 0.2) is 53.1 Å². The maximum atomic E-state index is 12.1. The molecule has 3 aromatic rings. The predicted molar refractivity (Wildman–Crippen MR) is 101 cm³/mol. The van der Waals surface area contributed by atoms with Crippen molar-refractivity contribution in [2.45, 2.75) is 19.4 Å². The number of hydrogen-bond donors (Lipinski definition) is 1. The molecule has 2 aromatic carbocycles. The van der Waals surface area contributed by atoms with Crippen molar-refractivity contribution in [3.05, 3.63) is 59.8 Å². The van der Waals surface area contributed by atoms with Gasteiger partial charge in [-0.1, -0.05) is 17.3 Å². The second kappa shape index (κ2) is 8.04. The van der Waals surface area contributed by atoms with Crippen LogP contribution in [-0.4, -0.2) is 25.0 Å². The van der Waals surface area contributed by atoms with E-state index in [1.165, 1.54) is 0 Å². The van der Waals surface area contributed by atoms with Crippen molar-refractivity contribution >= 4 is 5.91 Å². The largest absolute Gasteiger partial charge is 0.497 e. The van der Waals surface area contributed by atoms with Crippen molar-refractivity contribution in [3.8, 4) is 28.6 Å². The maximum absolute atomic E-state index is 12.1. The number of aryl methyl sites for hydroxylation is 1. The molecule has 1 N–H and O–H groups in total. The first-order valence-electron chi connectivity index (χ1n) is 8.96. The summed E-state index contributed by atoms with van der Waals surface area (Å²) in [5.41, 5.74) is 2.58. The van der Waals surface area contributed by atoms with E-state index in [1.807, 2.05) is 42.5 Å². The van der Waals surface area contributed by atoms with E-state index < -0.39 is 0 Å². The number of benzene rings is 2. The van der Waals surface area contributed by atoms with Crippen molar-refractivity contribution in [1.29, 1.82) is 0 Å². The van der Waals surface area contributed by atoms with Gasteiger partial charge in [0.2, 0.25) is 12.7 Å². The molecule has 0 radical (unpaired) electrons. The van der Waals surface area contributed by atoms with E-state index in [0.717, 1.165) is 16.9 Å². The Hall–Kier alpha value is -3.48. The molecule has 0 spiro atoms. The third-order valence-electron chi connectivity index (χ3n) is 4.48. The minimum absolute atomic E-state index is 0.0385. The van der Waals surface area contributed by atoms with E-state index in [0.29, 0.717) is 42.3 Å². The average molecular weight is 380 g/mol. The zero-order chi connectivity index (χ0) is 19.3. The van der Waals surface area contributed by atoms with Crippen molar-refractivity contribution in [1.82, 2.24) is 10.5 Å². The summed E-state index contributed by atoms with van der Waals surface area (Å²) in [5, 5.41) is 6.89. The molecule has 0 atom stereocenters. The van der Waals surface area contributed by atoms with E-state index in [1.54, 1.807) is 13.2 Å². The van der Waals surface area contributed by atoms with E-state index in [-0.39, 0.29) is 12.7 Å². The predicted octanol–water partition coefficient (Wildman–Crippen LogP) is 3.33. The van der Waals surface area contributed by atoms with Crippen LogP contribution < -0.4 is 19.5 Å². The Morgan fingerprint density at radius 1 is 1.11 bits per heavy atom. The summed E-state index contributed by atoms with van der Waals surface area (Å²) in [6.45, 7) is 0.540. The number of methoxy groups -OCH3 is 1. The number of hydrogen-bond acceptors (Lipinski definition) is 6. The Bertz CT molecular complexity index is 965. The molecule has 1 aliphatic rings. The Kier molecular flexibility index (Phi) is 5.14. The quantitative estimate of drug-likeness (QED) is 0.677. The van der Waals surface area contributed by atoms with Gasteiger partial charge in [-0.15, -0.1) is 0 Å². The Morgan fingerprint density at radius 2 is 1.93 bits per heavy atom. The highest BCUT2D eigenvalue weighted by atomic mass is 16.7. The van der Waals surface area contributed by atoms with Gasteiger partial charge in [0, 0.05) is 18.1 Å². The molecule has 1 aliphatic heterocycles. The minimum Gasteiger partial charge on any atom is -0.497 e. The van der Waals surface area contributed by atoms with E-state index in [9.17, 15) is 4.79 Å². The molecule has 0 unspecified atom stereocenters. The number of carbonyl (C=O) groups excluding carboxylic acids is 1. The zero-order valence-corrected chi connectivity index (χ0v) is 15.4. The molecule has 28 heavy (non-hydrogen) atoms. The number of ether oxygens (including phenoxy) is 3. The van der Waals surface area contributed by atoms with Crippen LogP contribution in [0.4, 0.5) is 0 Å². The third kappa shape index (κ3) is 4.09. The van der Waals surface area contributed by atoms with Crippen molar-refractivity contribution in [2.75, 3.05) is 13.9 Å². The minimum atomic E-state index is -0.0385. The van der Waals surface area contributed by atoms with Crippen LogP contribution in [-0.2, 0) is 17.8 Å². The Balaban J connectivity index is 1.28. The monoisotopic (exact) mass is 380 g/mol. The fourth-order valence-electron chi connectivity index (χ4n) is 2.91. The first-order chi connectivity index (χ1) is 13.7. The first-order valence-corrected chi connectivity index (χ1v) is 8.96. The van der Waals surface area contributed by atoms with Gasteiger partial charge in [-0.05, 0) is 42.3 Å². The number of fused-ring (bicyclic) bond motifs is 1. The summed E-state index contributed by atoms with van der Waals surface area (Å²) in [5.74, 6) is 2.77. The molecule has 0 aliphatic carbocycles. The van der Waals surface area contributed by atoms with Gasteiger partial charge in [-0.25, -0.2) is 0 Å².